The largest absolute Gasteiger partial charge is 0.340 e. The van der Waals surface area contributed by atoms with Crippen LogP contribution in [0.2, 0.25) is 0 Å². The Hall–Kier alpha value is -2.63. The van der Waals surface area contributed by atoms with Gasteiger partial charge < -0.3 is 14.0 Å². The number of carbonyl (C=O) groups excluding carboxylic acids is 1. The minimum absolute atomic E-state index is 0.145. The molecule has 2 aromatic heterocycles. The molecule has 0 radical (unpaired) electrons. The summed E-state index contributed by atoms with van der Waals surface area (Å²) in [4.78, 5) is 23.6. The lowest BCUT2D eigenvalue weighted by atomic mass is 10.1. The number of benzene rings is 1. The molecule has 0 N–H and O–H groups in total. The predicted octanol–water partition coefficient (Wildman–Crippen LogP) is 2.09. The fourth-order valence-electron chi connectivity index (χ4n) is 3.59. The van der Waals surface area contributed by atoms with Crippen LogP contribution in [0.5, 0.6) is 0 Å². The Morgan fingerprint density at radius 2 is 2.17 bits per heavy atom. The molecule has 6 heteroatoms. The van der Waals surface area contributed by atoms with Crippen LogP contribution in [0.15, 0.2) is 36.8 Å². The summed E-state index contributed by atoms with van der Waals surface area (Å²) in [5.74, 6) is 1.55. The molecule has 0 spiro atoms. The lowest BCUT2D eigenvalue weighted by Gasteiger charge is -2.17. The van der Waals surface area contributed by atoms with Crippen molar-refractivity contribution in [1.29, 1.82) is 0 Å². The molecule has 0 bridgehead atoms. The van der Waals surface area contributed by atoms with E-state index in [0.29, 0.717) is 12.5 Å². The summed E-state index contributed by atoms with van der Waals surface area (Å²) < 4.78 is 4.01. The molecule has 1 fully saturated rings. The summed E-state index contributed by atoms with van der Waals surface area (Å²) in [5.41, 5.74) is 2.96. The summed E-state index contributed by atoms with van der Waals surface area (Å²) in [6.07, 6.45) is 4.76. The molecule has 0 aliphatic carbocycles. The van der Waals surface area contributed by atoms with Crippen LogP contribution in [0.1, 0.15) is 23.9 Å². The number of rotatable bonds is 3. The monoisotopic (exact) mass is 323 g/mol. The number of hydrogen-bond acceptors (Lipinski definition) is 3. The Balaban J connectivity index is 1.47. The van der Waals surface area contributed by atoms with Crippen molar-refractivity contribution in [2.75, 3.05) is 13.1 Å². The van der Waals surface area contributed by atoms with Gasteiger partial charge in [0.15, 0.2) is 0 Å². The summed E-state index contributed by atoms with van der Waals surface area (Å²) in [6, 6.07) is 7.90. The highest BCUT2D eigenvalue weighted by Gasteiger charge is 2.30. The Kier molecular flexibility index (Phi) is 3.59. The summed E-state index contributed by atoms with van der Waals surface area (Å²) in [6.45, 7) is 3.89. The van der Waals surface area contributed by atoms with Crippen LogP contribution in [-0.4, -0.2) is 43.0 Å². The standard InChI is InChI=1S/C18H21N5O/c1-13-9-21(2)18(20-13)14-7-8-22(10-14)17(24)11-23-12-19-15-5-3-4-6-16(15)23/h3-6,9,12,14H,7-8,10-11H2,1-2H3/t14-/m1/s1. The van der Waals surface area contributed by atoms with E-state index in [0.717, 1.165) is 42.1 Å². The number of amides is 1. The second-order valence-electron chi connectivity index (χ2n) is 6.54. The van der Waals surface area contributed by atoms with Gasteiger partial charge in [0.2, 0.25) is 5.91 Å². The van der Waals surface area contributed by atoms with Crippen LogP contribution in [0.4, 0.5) is 0 Å². The molecule has 1 saturated heterocycles. The van der Waals surface area contributed by atoms with Gasteiger partial charge in [-0.25, -0.2) is 9.97 Å². The average molecular weight is 323 g/mol. The van der Waals surface area contributed by atoms with E-state index in [-0.39, 0.29) is 5.91 Å². The molecular formula is C18H21N5O. The Morgan fingerprint density at radius 3 is 2.96 bits per heavy atom. The smallest absolute Gasteiger partial charge is 0.242 e. The van der Waals surface area contributed by atoms with Crippen molar-refractivity contribution in [2.45, 2.75) is 25.8 Å². The first-order chi connectivity index (χ1) is 11.6. The highest BCUT2D eigenvalue weighted by molar-refractivity contribution is 5.80. The minimum atomic E-state index is 0.145. The topological polar surface area (TPSA) is 56.0 Å². The summed E-state index contributed by atoms with van der Waals surface area (Å²) >= 11 is 0. The summed E-state index contributed by atoms with van der Waals surface area (Å²) in [5, 5.41) is 0. The average Bonchev–Trinajstić information content (AvgIpc) is 3.26. The fourth-order valence-corrected chi connectivity index (χ4v) is 3.59. The molecule has 0 unspecified atom stereocenters. The maximum Gasteiger partial charge on any atom is 0.242 e. The van der Waals surface area contributed by atoms with E-state index in [1.807, 2.05) is 53.9 Å². The molecular weight excluding hydrogens is 302 g/mol. The van der Waals surface area contributed by atoms with Crippen LogP contribution in [0.3, 0.4) is 0 Å². The molecule has 0 saturated carbocycles. The molecule has 4 rings (SSSR count). The number of likely N-dealkylation sites (tertiary alicyclic amines) is 1. The zero-order chi connectivity index (χ0) is 16.7. The Morgan fingerprint density at radius 1 is 1.33 bits per heavy atom. The summed E-state index contributed by atoms with van der Waals surface area (Å²) in [7, 11) is 2.03. The number of nitrogens with zero attached hydrogens (tertiary/aromatic N) is 5. The van der Waals surface area contributed by atoms with Crippen molar-refractivity contribution in [3.8, 4) is 0 Å². The third-order valence-corrected chi connectivity index (χ3v) is 4.77. The maximum atomic E-state index is 12.7. The van der Waals surface area contributed by atoms with E-state index in [1.54, 1.807) is 6.33 Å². The molecule has 6 nitrogen and oxygen atoms in total. The molecule has 1 atom stereocenters. The van der Waals surface area contributed by atoms with Crippen molar-refractivity contribution >= 4 is 16.9 Å². The van der Waals surface area contributed by atoms with Crippen molar-refractivity contribution in [3.05, 3.63) is 48.3 Å². The van der Waals surface area contributed by atoms with Gasteiger partial charge in [-0.3, -0.25) is 4.79 Å². The van der Waals surface area contributed by atoms with Crippen LogP contribution in [-0.2, 0) is 18.4 Å². The normalized spacial score (nSPS) is 17.8. The van der Waals surface area contributed by atoms with E-state index >= 15 is 0 Å². The van der Waals surface area contributed by atoms with Crippen molar-refractivity contribution in [2.24, 2.45) is 7.05 Å². The van der Waals surface area contributed by atoms with Gasteiger partial charge >= 0.3 is 0 Å². The van der Waals surface area contributed by atoms with Crippen LogP contribution in [0, 0.1) is 6.92 Å². The lowest BCUT2D eigenvalue weighted by molar-refractivity contribution is -0.130. The van der Waals surface area contributed by atoms with E-state index in [2.05, 4.69) is 14.5 Å². The van der Waals surface area contributed by atoms with E-state index in [4.69, 9.17) is 0 Å². The zero-order valence-electron chi connectivity index (χ0n) is 14.0. The molecule has 3 heterocycles. The fraction of sp³-hybridized carbons (Fsp3) is 0.389. The number of carbonyl (C=O) groups is 1. The van der Waals surface area contributed by atoms with Gasteiger partial charge in [-0.1, -0.05) is 12.1 Å². The molecule has 1 amide bonds. The first kappa shape index (κ1) is 14.9. The van der Waals surface area contributed by atoms with Gasteiger partial charge in [0.05, 0.1) is 23.1 Å². The van der Waals surface area contributed by atoms with Gasteiger partial charge in [0, 0.05) is 32.3 Å². The van der Waals surface area contributed by atoms with Crippen LogP contribution >= 0.6 is 0 Å². The lowest BCUT2D eigenvalue weighted by Crippen LogP contribution is -2.31. The molecule has 24 heavy (non-hydrogen) atoms. The SMILES string of the molecule is Cc1cn(C)c([C@@H]2CCN(C(=O)Cn3cnc4ccccc43)C2)n1. The highest BCUT2D eigenvalue weighted by Crippen LogP contribution is 2.26. The van der Waals surface area contributed by atoms with E-state index in [1.165, 1.54) is 0 Å². The molecule has 1 aliphatic heterocycles. The third kappa shape index (κ3) is 2.58. The maximum absolute atomic E-state index is 12.7. The van der Waals surface area contributed by atoms with E-state index in [9.17, 15) is 4.79 Å². The van der Waals surface area contributed by atoms with Gasteiger partial charge in [0.1, 0.15) is 12.4 Å². The molecule has 1 aromatic carbocycles. The second kappa shape index (κ2) is 5.78. The van der Waals surface area contributed by atoms with Gasteiger partial charge in [-0.05, 0) is 25.5 Å². The number of aryl methyl sites for hydroxylation is 2. The zero-order valence-corrected chi connectivity index (χ0v) is 14.0. The highest BCUT2D eigenvalue weighted by atomic mass is 16.2. The molecule has 3 aromatic rings. The van der Waals surface area contributed by atoms with Crippen molar-refractivity contribution in [3.63, 3.8) is 0 Å². The van der Waals surface area contributed by atoms with Gasteiger partial charge in [-0.15, -0.1) is 0 Å². The quantitative estimate of drug-likeness (QED) is 0.742. The predicted molar refractivity (Wildman–Crippen MR) is 91.6 cm³/mol. The molecule has 1 aliphatic rings. The van der Waals surface area contributed by atoms with Gasteiger partial charge in [-0.2, -0.15) is 0 Å². The van der Waals surface area contributed by atoms with Gasteiger partial charge in [0.25, 0.3) is 0 Å². The molecule has 124 valence electrons. The minimum Gasteiger partial charge on any atom is -0.340 e. The Bertz CT molecular complexity index is 894. The first-order valence-electron chi connectivity index (χ1n) is 8.29. The number of aromatic nitrogens is 4. The number of hydrogen-bond donors (Lipinski definition) is 0. The third-order valence-electron chi connectivity index (χ3n) is 4.77. The second-order valence-corrected chi connectivity index (χ2v) is 6.54. The Labute approximate surface area is 140 Å². The first-order valence-corrected chi connectivity index (χ1v) is 8.29. The van der Waals surface area contributed by atoms with Crippen molar-refractivity contribution in [1.82, 2.24) is 24.0 Å². The van der Waals surface area contributed by atoms with Crippen LogP contribution in [0.25, 0.3) is 11.0 Å². The number of imidazole rings is 2. The number of fused-ring (bicyclic) bond motifs is 1. The number of para-hydroxylation sites is 2. The van der Waals surface area contributed by atoms with Crippen molar-refractivity contribution < 1.29 is 4.79 Å². The van der Waals surface area contributed by atoms with Crippen LogP contribution < -0.4 is 0 Å². The van der Waals surface area contributed by atoms with E-state index < -0.39 is 0 Å².